The largest absolute Gasteiger partial charge is 0.383 e. The summed E-state index contributed by atoms with van der Waals surface area (Å²) in [5, 5.41) is 2.82. The summed E-state index contributed by atoms with van der Waals surface area (Å²) in [6.07, 6.45) is 2.68. The van der Waals surface area contributed by atoms with Gasteiger partial charge in [-0.1, -0.05) is 19.8 Å². The fourth-order valence-corrected chi connectivity index (χ4v) is 4.36. The number of amides is 2. The predicted octanol–water partition coefficient (Wildman–Crippen LogP) is 0.725. The molecule has 0 saturated heterocycles. The number of sulfonamides is 1. The minimum absolute atomic E-state index is 0.0685. The molecular formula is C17H25N3O5S. The lowest BCUT2D eigenvalue weighted by molar-refractivity contribution is 0.0835. The molecule has 0 bridgehead atoms. The smallest absolute Gasteiger partial charge is 0.269 e. The van der Waals surface area contributed by atoms with Gasteiger partial charge in [-0.25, -0.2) is 12.7 Å². The number of fused-ring (bicyclic) bond motifs is 1. The van der Waals surface area contributed by atoms with Crippen LogP contribution in [0.2, 0.25) is 0 Å². The topological polar surface area (TPSA) is 119 Å². The van der Waals surface area contributed by atoms with Crippen LogP contribution in [0.1, 0.15) is 46.9 Å². The molecule has 1 aromatic rings. The quantitative estimate of drug-likeness (QED) is 0.649. The van der Waals surface area contributed by atoms with E-state index in [-0.39, 0.29) is 35.2 Å². The highest BCUT2D eigenvalue weighted by Gasteiger charge is 2.41. The average molecular weight is 383 g/mol. The van der Waals surface area contributed by atoms with Gasteiger partial charge in [-0.3, -0.25) is 9.59 Å². The summed E-state index contributed by atoms with van der Waals surface area (Å²) in [6, 6.07) is 3.90. The molecule has 8 nitrogen and oxygen atoms in total. The second kappa shape index (κ2) is 8.61. The molecule has 26 heavy (non-hydrogen) atoms. The summed E-state index contributed by atoms with van der Waals surface area (Å²) < 4.78 is 30.8. The first-order valence-electron chi connectivity index (χ1n) is 8.57. The molecule has 1 atom stereocenters. The summed E-state index contributed by atoms with van der Waals surface area (Å²) >= 11 is 0. The monoisotopic (exact) mass is 383 g/mol. The molecule has 0 saturated carbocycles. The predicted molar refractivity (Wildman–Crippen MR) is 96.4 cm³/mol. The van der Waals surface area contributed by atoms with E-state index in [9.17, 15) is 18.0 Å². The number of hydrogen-bond donors (Lipinski definition) is 2. The third-order valence-corrected chi connectivity index (χ3v) is 6.12. The number of carbonyl (C=O) groups is 2. The SMILES string of the molecule is CCCCC(CN)NC(=O)c1ccc2c(c1)S(=O)(=O)N(CCOC)C2=O. The number of methoxy groups -OCH3 is 1. The van der Waals surface area contributed by atoms with Gasteiger partial charge in [-0.15, -0.1) is 0 Å². The lowest BCUT2D eigenvalue weighted by atomic mass is 10.1. The van der Waals surface area contributed by atoms with Gasteiger partial charge in [0.1, 0.15) is 4.90 Å². The van der Waals surface area contributed by atoms with Crippen molar-refractivity contribution in [1.29, 1.82) is 0 Å². The first-order valence-corrected chi connectivity index (χ1v) is 10.0. The maximum atomic E-state index is 12.6. The first-order chi connectivity index (χ1) is 12.4. The van der Waals surface area contributed by atoms with Crippen LogP contribution in [-0.2, 0) is 14.8 Å². The van der Waals surface area contributed by atoms with Crippen molar-refractivity contribution >= 4 is 21.8 Å². The first kappa shape index (κ1) is 20.3. The Kier molecular flexibility index (Phi) is 6.74. The van der Waals surface area contributed by atoms with Gasteiger partial charge in [0.05, 0.1) is 18.7 Å². The lowest BCUT2D eigenvalue weighted by Gasteiger charge is -2.16. The Morgan fingerprint density at radius 2 is 2.12 bits per heavy atom. The van der Waals surface area contributed by atoms with E-state index in [2.05, 4.69) is 5.32 Å². The molecule has 1 heterocycles. The van der Waals surface area contributed by atoms with E-state index < -0.39 is 21.8 Å². The van der Waals surface area contributed by atoms with E-state index in [1.807, 2.05) is 6.92 Å². The zero-order valence-corrected chi connectivity index (χ0v) is 15.8. The molecule has 2 rings (SSSR count). The van der Waals surface area contributed by atoms with Gasteiger partial charge in [-0.05, 0) is 24.6 Å². The van der Waals surface area contributed by atoms with Gasteiger partial charge in [0.25, 0.3) is 21.8 Å². The number of unbranched alkanes of at least 4 members (excludes halogenated alkanes) is 1. The third-order valence-electron chi connectivity index (χ3n) is 4.29. The summed E-state index contributed by atoms with van der Waals surface area (Å²) in [4.78, 5) is 24.6. The highest BCUT2D eigenvalue weighted by molar-refractivity contribution is 7.90. The fourth-order valence-electron chi connectivity index (χ4n) is 2.78. The second-order valence-corrected chi connectivity index (χ2v) is 7.97. The van der Waals surface area contributed by atoms with E-state index in [0.29, 0.717) is 6.54 Å². The molecule has 9 heteroatoms. The van der Waals surface area contributed by atoms with Crippen LogP contribution in [0.4, 0.5) is 0 Å². The van der Waals surface area contributed by atoms with Gasteiger partial charge in [0, 0.05) is 25.3 Å². The Hall–Kier alpha value is -1.97. The molecule has 0 aromatic heterocycles. The van der Waals surface area contributed by atoms with Crippen LogP contribution in [0.5, 0.6) is 0 Å². The van der Waals surface area contributed by atoms with Crippen LogP contribution in [0.15, 0.2) is 23.1 Å². The number of nitrogens with two attached hydrogens (primary N) is 1. The van der Waals surface area contributed by atoms with Crippen molar-refractivity contribution in [2.75, 3.05) is 26.8 Å². The summed E-state index contributed by atoms with van der Waals surface area (Å²) in [5.74, 6) is -1.01. The van der Waals surface area contributed by atoms with Crippen molar-refractivity contribution in [3.8, 4) is 0 Å². The Bertz CT molecular complexity index is 779. The van der Waals surface area contributed by atoms with Crippen LogP contribution in [0, 0.1) is 0 Å². The summed E-state index contributed by atoms with van der Waals surface area (Å²) in [5.41, 5.74) is 5.93. The molecule has 3 N–H and O–H groups in total. The van der Waals surface area contributed by atoms with Crippen LogP contribution < -0.4 is 11.1 Å². The lowest BCUT2D eigenvalue weighted by Crippen LogP contribution is -2.40. The Labute approximate surface area is 153 Å². The minimum atomic E-state index is -3.97. The summed E-state index contributed by atoms with van der Waals surface area (Å²) in [6.45, 7) is 2.38. The standard InChI is InChI=1S/C17H25N3O5S/c1-3-4-5-13(11-18)19-16(21)12-6-7-14-15(10-12)26(23,24)20(17(14)22)8-9-25-2/h6-7,10,13H,3-5,8-9,11,18H2,1-2H3,(H,19,21). The second-order valence-electron chi connectivity index (χ2n) is 6.13. The Balaban J connectivity index is 2.24. The number of nitrogens with zero attached hydrogens (tertiary/aromatic N) is 1. The Morgan fingerprint density at radius 3 is 2.73 bits per heavy atom. The van der Waals surface area contributed by atoms with Crippen molar-refractivity contribution in [2.45, 2.75) is 37.1 Å². The number of carbonyl (C=O) groups excluding carboxylic acids is 2. The average Bonchev–Trinajstić information content (AvgIpc) is 2.82. The normalized spacial score (nSPS) is 16.4. The highest BCUT2D eigenvalue weighted by Crippen LogP contribution is 2.30. The number of ether oxygens (including phenoxy) is 1. The van der Waals surface area contributed by atoms with E-state index in [0.717, 1.165) is 23.6 Å². The zero-order chi connectivity index (χ0) is 19.3. The molecule has 0 spiro atoms. The van der Waals surface area contributed by atoms with Crippen LogP contribution in [0.25, 0.3) is 0 Å². The maximum Gasteiger partial charge on any atom is 0.269 e. The van der Waals surface area contributed by atoms with Crippen LogP contribution in [-0.4, -0.2) is 57.4 Å². The maximum absolute atomic E-state index is 12.6. The number of nitrogens with one attached hydrogen (secondary N) is 1. The van der Waals surface area contributed by atoms with Gasteiger partial charge in [0.2, 0.25) is 0 Å². The Morgan fingerprint density at radius 1 is 1.38 bits per heavy atom. The zero-order valence-electron chi connectivity index (χ0n) is 15.0. The summed E-state index contributed by atoms with van der Waals surface area (Å²) in [7, 11) is -2.55. The fraction of sp³-hybridized carbons (Fsp3) is 0.529. The van der Waals surface area contributed by atoms with Crippen molar-refractivity contribution in [2.24, 2.45) is 5.73 Å². The molecule has 1 aliphatic rings. The van der Waals surface area contributed by atoms with E-state index >= 15 is 0 Å². The van der Waals surface area contributed by atoms with Crippen LogP contribution in [0.3, 0.4) is 0 Å². The highest BCUT2D eigenvalue weighted by atomic mass is 32.2. The third kappa shape index (κ3) is 4.05. The van der Waals surface area contributed by atoms with E-state index in [1.54, 1.807) is 0 Å². The van der Waals surface area contributed by atoms with Crippen molar-refractivity contribution in [1.82, 2.24) is 9.62 Å². The molecule has 2 amide bonds. The molecule has 1 unspecified atom stereocenters. The van der Waals surface area contributed by atoms with Gasteiger partial charge < -0.3 is 15.8 Å². The molecule has 1 aliphatic heterocycles. The number of benzene rings is 1. The van der Waals surface area contributed by atoms with Gasteiger partial charge in [0.15, 0.2) is 0 Å². The molecular weight excluding hydrogens is 358 g/mol. The number of hydrogen-bond acceptors (Lipinski definition) is 6. The van der Waals surface area contributed by atoms with Crippen molar-refractivity contribution in [3.05, 3.63) is 29.3 Å². The molecule has 1 aromatic carbocycles. The van der Waals surface area contributed by atoms with E-state index in [4.69, 9.17) is 10.5 Å². The molecule has 0 aliphatic carbocycles. The minimum Gasteiger partial charge on any atom is -0.383 e. The molecule has 144 valence electrons. The van der Waals surface area contributed by atoms with E-state index in [1.165, 1.54) is 25.3 Å². The van der Waals surface area contributed by atoms with Gasteiger partial charge in [-0.2, -0.15) is 0 Å². The number of rotatable bonds is 9. The molecule has 0 radical (unpaired) electrons. The van der Waals surface area contributed by atoms with Crippen LogP contribution >= 0.6 is 0 Å². The molecule has 0 fully saturated rings. The van der Waals surface area contributed by atoms with Crippen molar-refractivity contribution in [3.63, 3.8) is 0 Å². The van der Waals surface area contributed by atoms with Crippen molar-refractivity contribution < 1.29 is 22.7 Å². The van der Waals surface area contributed by atoms with Gasteiger partial charge >= 0.3 is 0 Å².